The Hall–Kier alpha value is 0.167. The van der Waals surface area contributed by atoms with Crippen molar-refractivity contribution in [2.75, 3.05) is 0 Å². The zero-order valence-electron chi connectivity index (χ0n) is 12.0. The molecule has 0 spiro atoms. The molecule has 0 saturated carbocycles. The van der Waals surface area contributed by atoms with Crippen LogP contribution in [-0.2, 0) is 6.42 Å². The van der Waals surface area contributed by atoms with Crippen molar-refractivity contribution in [1.82, 2.24) is 0 Å². The summed E-state index contributed by atoms with van der Waals surface area (Å²) in [6.07, 6.45) is 1.23. The number of benzene rings is 1. The third-order valence-electron chi connectivity index (χ3n) is 3.47. The predicted octanol–water partition coefficient (Wildman–Crippen LogP) is 5.59. The minimum atomic E-state index is -1.13. The summed E-state index contributed by atoms with van der Waals surface area (Å²) >= 11 is 2.47. The molecule has 1 rings (SSSR count). The number of hydrogen-bond acceptors (Lipinski definition) is 0. The third kappa shape index (κ3) is 4.40. The van der Waals surface area contributed by atoms with Crippen molar-refractivity contribution in [3.05, 3.63) is 33.4 Å². The van der Waals surface area contributed by atoms with Gasteiger partial charge in [-0.05, 0) is 51.6 Å². The summed E-state index contributed by atoms with van der Waals surface area (Å²) in [6.45, 7) is 14.7. The lowest BCUT2D eigenvalue weighted by Crippen LogP contribution is -2.38. The van der Waals surface area contributed by atoms with Crippen molar-refractivity contribution in [2.45, 2.75) is 52.4 Å². The summed E-state index contributed by atoms with van der Waals surface area (Å²) in [7, 11) is -1.13. The van der Waals surface area contributed by atoms with Gasteiger partial charge >= 0.3 is 0 Å². The lowest BCUT2D eigenvalue weighted by Gasteiger charge is -2.40. The van der Waals surface area contributed by atoms with Crippen molar-refractivity contribution in [1.29, 1.82) is 0 Å². The average molecular weight is 360 g/mol. The van der Waals surface area contributed by atoms with E-state index in [4.69, 9.17) is 0 Å². The van der Waals surface area contributed by atoms with Crippen LogP contribution in [0.25, 0.3) is 0 Å². The van der Waals surface area contributed by atoms with Crippen molar-refractivity contribution < 1.29 is 0 Å². The van der Waals surface area contributed by atoms with Crippen molar-refractivity contribution in [2.24, 2.45) is 5.41 Å². The average Bonchev–Trinajstić information content (AvgIpc) is 2.12. The van der Waals surface area contributed by atoms with Gasteiger partial charge in [0.1, 0.15) is 0 Å². The van der Waals surface area contributed by atoms with Crippen LogP contribution in [0, 0.1) is 8.99 Å². The van der Waals surface area contributed by atoms with Crippen molar-refractivity contribution in [3.8, 4) is 0 Å². The standard InChI is InChI=1S/C15H25ISi/c1-15(2,3)14(17(4,5)6)11-12-9-7-8-10-13(12)16/h7-10,14H,11H2,1-6H3. The minimum absolute atomic E-state index is 0.406. The van der Waals surface area contributed by atoms with Crippen LogP contribution in [0.1, 0.15) is 26.3 Å². The molecule has 0 nitrogen and oxygen atoms in total. The maximum absolute atomic E-state index is 2.50. The van der Waals surface area contributed by atoms with E-state index < -0.39 is 8.07 Å². The topological polar surface area (TPSA) is 0 Å². The van der Waals surface area contributed by atoms with Crippen molar-refractivity contribution >= 4 is 30.7 Å². The second-order valence-electron chi connectivity index (χ2n) is 7.08. The Balaban J connectivity index is 3.00. The fourth-order valence-electron chi connectivity index (χ4n) is 2.80. The van der Waals surface area contributed by atoms with E-state index in [0.29, 0.717) is 5.41 Å². The van der Waals surface area contributed by atoms with Gasteiger partial charge in [0.25, 0.3) is 0 Å². The van der Waals surface area contributed by atoms with Crippen LogP contribution in [-0.4, -0.2) is 8.07 Å². The highest BCUT2D eigenvalue weighted by molar-refractivity contribution is 14.1. The molecule has 0 fully saturated rings. The van der Waals surface area contributed by atoms with E-state index in [9.17, 15) is 0 Å². The third-order valence-corrected chi connectivity index (χ3v) is 7.69. The van der Waals surface area contributed by atoms with Gasteiger partial charge in [-0.2, -0.15) is 0 Å². The summed E-state index contributed by atoms with van der Waals surface area (Å²) < 4.78 is 1.41. The molecule has 0 N–H and O–H groups in total. The molecule has 0 bridgehead atoms. The molecule has 0 amide bonds. The fourth-order valence-corrected chi connectivity index (χ4v) is 6.83. The van der Waals surface area contributed by atoms with Crippen LogP contribution >= 0.6 is 22.6 Å². The molecule has 0 aromatic heterocycles. The number of hydrogen-bond donors (Lipinski definition) is 0. The van der Waals surface area contributed by atoms with Gasteiger partial charge in [-0.15, -0.1) is 0 Å². The summed E-state index contributed by atoms with van der Waals surface area (Å²) in [5.74, 6) is 0. The highest BCUT2D eigenvalue weighted by atomic mass is 127. The number of halogens is 1. The normalized spacial score (nSPS) is 14.8. The van der Waals surface area contributed by atoms with Crippen LogP contribution in [0.15, 0.2) is 24.3 Å². The quantitative estimate of drug-likeness (QED) is 0.487. The Kier molecular flexibility index (Phi) is 4.86. The zero-order valence-corrected chi connectivity index (χ0v) is 15.1. The maximum Gasteiger partial charge on any atom is 0.0482 e. The predicted molar refractivity (Wildman–Crippen MR) is 89.4 cm³/mol. The molecule has 17 heavy (non-hydrogen) atoms. The molecular weight excluding hydrogens is 335 g/mol. The minimum Gasteiger partial charge on any atom is -0.0693 e. The molecule has 0 aliphatic carbocycles. The van der Waals surface area contributed by atoms with Crippen LogP contribution in [0.5, 0.6) is 0 Å². The molecular formula is C15H25ISi. The highest BCUT2D eigenvalue weighted by Crippen LogP contribution is 2.42. The molecule has 1 aromatic rings. The SMILES string of the molecule is CC(C)(C)C(Cc1ccccc1I)[Si](C)(C)C. The van der Waals surface area contributed by atoms with Crippen LogP contribution in [0.4, 0.5) is 0 Å². The largest absolute Gasteiger partial charge is 0.0693 e. The Morgan fingerprint density at radius 2 is 1.65 bits per heavy atom. The molecule has 96 valence electrons. The first-order valence-corrected chi connectivity index (χ1v) is 11.0. The first-order valence-electron chi connectivity index (χ1n) is 6.36. The Labute approximate surface area is 121 Å². The van der Waals surface area contributed by atoms with Gasteiger partial charge in [-0.25, -0.2) is 0 Å². The van der Waals surface area contributed by atoms with Gasteiger partial charge in [0.15, 0.2) is 0 Å². The molecule has 2 heteroatoms. The summed E-state index contributed by atoms with van der Waals surface area (Å²) in [6, 6.07) is 8.81. The maximum atomic E-state index is 2.50. The molecule has 0 heterocycles. The zero-order chi connectivity index (χ0) is 13.3. The van der Waals surface area contributed by atoms with E-state index in [1.165, 1.54) is 15.6 Å². The summed E-state index contributed by atoms with van der Waals surface area (Å²) in [4.78, 5) is 0. The van der Waals surface area contributed by atoms with Gasteiger partial charge < -0.3 is 0 Å². The Morgan fingerprint density at radius 1 is 1.12 bits per heavy atom. The summed E-state index contributed by atoms with van der Waals surface area (Å²) in [5.41, 5.74) is 2.75. The van der Waals surface area contributed by atoms with Gasteiger partial charge in [-0.1, -0.05) is 58.6 Å². The van der Waals surface area contributed by atoms with Crippen LogP contribution in [0.3, 0.4) is 0 Å². The second kappa shape index (κ2) is 5.43. The van der Waals surface area contributed by atoms with Gasteiger partial charge in [0, 0.05) is 11.6 Å². The van der Waals surface area contributed by atoms with Gasteiger partial charge in [0.05, 0.1) is 0 Å². The Morgan fingerprint density at radius 3 is 2.06 bits per heavy atom. The Bertz CT molecular complexity index is 357. The second-order valence-corrected chi connectivity index (χ2v) is 13.7. The molecule has 0 aliphatic heterocycles. The molecule has 0 aliphatic rings. The van der Waals surface area contributed by atoms with E-state index in [2.05, 4.69) is 87.3 Å². The van der Waals surface area contributed by atoms with Gasteiger partial charge in [-0.3, -0.25) is 0 Å². The smallest absolute Gasteiger partial charge is 0.0482 e. The summed E-state index contributed by atoms with van der Waals surface area (Å²) in [5, 5.41) is 0. The first-order chi connectivity index (χ1) is 7.62. The van der Waals surface area contributed by atoms with E-state index in [1.807, 2.05) is 0 Å². The fraction of sp³-hybridized carbons (Fsp3) is 0.600. The van der Waals surface area contributed by atoms with Crippen molar-refractivity contribution in [3.63, 3.8) is 0 Å². The lowest BCUT2D eigenvalue weighted by molar-refractivity contribution is 0.368. The van der Waals surface area contributed by atoms with E-state index in [-0.39, 0.29) is 0 Å². The van der Waals surface area contributed by atoms with Crippen LogP contribution < -0.4 is 0 Å². The molecule has 1 atom stereocenters. The number of rotatable bonds is 3. The lowest BCUT2D eigenvalue weighted by atomic mass is 9.87. The van der Waals surface area contributed by atoms with E-state index >= 15 is 0 Å². The first kappa shape index (κ1) is 15.2. The van der Waals surface area contributed by atoms with Crippen LogP contribution in [0.2, 0.25) is 25.2 Å². The van der Waals surface area contributed by atoms with E-state index in [0.717, 1.165) is 5.54 Å². The van der Waals surface area contributed by atoms with Gasteiger partial charge in [0.2, 0.25) is 0 Å². The molecule has 1 unspecified atom stereocenters. The molecule has 0 saturated heterocycles. The monoisotopic (exact) mass is 360 g/mol. The van der Waals surface area contributed by atoms with E-state index in [1.54, 1.807) is 0 Å². The molecule has 1 aromatic carbocycles. The molecule has 0 radical (unpaired) electrons. The highest BCUT2D eigenvalue weighted by Gasteiger charge is 2.36.